The number of carbonyl (C=O) groups is 1. The van der Waals surface area contributed by atoms with Crippen LogP contribution in [-0.2, 0) is 17.4 Å². The Morgan fingerprint density at radius 1 is 1.05 bits per heavy atom. The summed E-state index contributed by atoms with van der Waals surface area (Å²) >= 11 is 0. The fraction of sp³-hybridized carbons (Fsp3) is 0.387. The van der Waals surface area contributed by atoms with E-state index in [1.165, 1.54) is 19.9 Å². The van der Waals surface area contributed by atoms with Crippen LogP contribution in [0.5, 0.6) is 17.2 Å². The van der Waals surface area contributed by atoms with Crippen LogP contribution >= 0.6 is 0 Å². The van der Waals surface area contributed by atoms with Gasteiger partial charge in [-0.25, -0.2) is 8.78 Å². The van der Waals surface area contributed by atoms with Crippen molar-refractivity contribution in [3.8, 4) is 28.4 Å². The van der Waals surface area contributed by atoms with Gasteiger partial charge in [-0.05, 0) is 73.2 Å². The van der Waals surface area contributed by atoms with Crippen LogP contribution in [0.2, 0.25) is 0 Å². The predicted molar refractivity (Wildman–Crippen MR) is 142 cm³/mol. The molecule has 0 saturated carbocycles. The van der Waals surface area contributed by atoms with E-state index in [1.807, 2.05) is 0 Å². The molecule has 0 fully saturated rings. The molecule has 0 spiro atoms. The summed E-state index contributed by atoms with van der Waals surface area (Å²) in [6, 6.07) is 8.87. The molecule has 3 aromatic rings. The number of aliphatic carboxylic acids is 1. The number of hydrogen-bond donors (Lipinski definition) is 2. The van der Waals surface area contributed by atoms with Crippen molar-refractivity contribution in [2.75, 3.05) is 13.2 Å². The van der Waals surface area contributed by atoms with E-state index >= 15 is 0 Å². The number of fused-ring (bicyclic) bond motifs is 2. The maximum absolute atomic E-state index is 15.0. The molecular formula is C31H29F5O6. The van der Waals surface area contributed by atoms with Gasteiger partial charge in [0.2, 0.25) is 0 Å². The monoisotopic (exact) mass is 592 g/mol. The van der Waals surface area contributed by atoms with Gasteiger partial charge in [0.05, 0.1) is 30.8 Å². The van der Waals surface area contributed by atoms with Crippen LogP contribution in [-0.4, -0.2) is 35.0 Å². The highest BCUT2D eigenvalue weighted by Crippen LogP contribution is 2.47. The lowest BCUT2D eigenvalue weighted by Gasteiger charge is -2.21. The maximum atomic E-state index is 15.0. The van der Waals surface area contributed by atoms with Crippen molar-refractivity contribution in [2.24, 2.45) is 0 Å². The summed E-state index contributed by atoms with van der Waals surface area (Å²) in [5.74, 6) is -3.39. The number of alkyl halides is 3. The number of ether oxygens (including phenoxy) is 3. The molecule has 224 valence electrons. The van der Waals surface area contributed by atoms with Gasteiger partial charge in [0.1, 0.15) is 17.6 Å². The minimum atomic E-state index is -4.79. The van der Waals surface area contributed by atoms with Crippen LogP contribution in [0.25, 0.3) is 11.1 Å². The molecule has 0 unspecified atom stereocenters. The molecule has 0 saturated heterocycles. The van der Waals surface area contributed by atoms with Gasteiger partial charge in [0.25, 0.3) is 0 Å². The number of rotatable bonds is 9. The third kappa shape index (κ3) is 6.16. The molecule has 0 amide bonds. The molecule has 6 nitrogen and oxygen atoms in total. The first-order valence-corrected chi connectivity index (χ1v) is 13.4. The highest BCUT2D eigenvalue weighted by atomic mass is 19.4. The van der Waals surface area contributed by atoms with Crippen molar-refractivity contribution in [3.05, 3.63) is 76.4 Å². The Labute approximate surface area is 238 Å². The molecule has 11 heteroatoms. The van der Waals surface area contributed by atoms with Crippen LogP contribution in [0.3, 0.4) is 0 Å². The number of aliphatic hydroxyl groups is 1. The molecule has 5 rings (SSSR count). The normalized spacial score (nSPS) is 17.9. The Kier molecular flexibility index (Phi) is 7.82. The zero-order valence-corrected chi connectivity index (χ0v) is 22.9. The molecule has 2 atom stereocenters. The van der Waals surface area contributed by atoms with E-state index in [0.717, 1.165) is 23.8 Å². The third-order valence-electron chi connectivity index (χ3n) is 7.47. The molecule has 0 radical (unpaired) electrons. The van der Waals surface area contributed by atoms with Crippen LogP contribution in [0.15, 0.2) is 42.5 Å². The fourth-order valence-electron chi connectivity index (χ4n) is 5.47. The number of hydrogen-bond acceptors (Lipinski definition) is 5. The van der Waals surface area contributed by atoms with Crippen LogP contribution in [0, 0.1) is 11.6 Å². The zero-order chi connectivity index (χ0) is 30.4. The Bertz CT molecular complexity index is 1490. The van der Waals surface area contributed by atoms with Crippen molar-refractivity contribution < 1.29 is 51.2 Å². The SMILES string of the molecule is CC(C)(O)CCOc1c(F)cc(-c2c(C(F)(F)F)ccc3c2CC[C@H]3Oc2ccc3c(c2)OC[C@H]3CC(=O)O)cc1F. The lowest BCUT2D eigenvalue weighted by Crippen LogP contribution is -2.22. The molecule has 1 aliphatic heterocycles. The van der Waals surface area contributed by atoms with Crippen LogP contribution in [0.1, 0.15) is 67.4 Å². The van der Waals surface area contributed by atoms with Crippen molar-refractivity contribution in [1.82, 2.24) is 0 Å². The second-order valence-electron chi connectivity index (χ2n) is 11.2. The summed E-state index contributed by atoms with van der Waals surface area (Å²) < 4.78 is 89.3. The lowest BCUT2D eigenvalue weighted by molar-refractivity contribution is -0.138. The van der Waals surface area contributed by atoms with E-state index < -0.39 is 46.8 Å². The lowest BCUT2D eigenvalue weighted by atomic mass is 9.91. The maximum Gasteiger partial charge on any atom is 0.417 e. The molecule has 1 heterocycles. The van der Waals surface area contributed by atoms with Crippen molar-refractivity contribution in [1.29, 1.82) is 0 Å². The first-order valence-electron chi connectivity index (χ1n) is 13.4. The molecular weight excluding hydrogens is 563 g/mol. The smallest absolute Gasteiger partial charge is 0.417 e. The largest absolute Gasteiger partial charge is 0.492 e. The van der Waals surface area contributed by atoms with Crippen molar-refractivity contribution in [3.63, 3.8) is 0 Å². The fourth-order valence-corrected chi connectivity index (χ4v) is 5.47. The second-order valence-corrected chi connectivity index (χ2v) is 11.2. The average molecular weight is 593 g/mol. The first-order chi connectivity index (χ1) is 19.7. The van der Waals surface area contributed by atoms with E-state index in [2.05, 4.69) is 0 Å². The third-order valence-corrected chi connectivity index (χ3v) is 7.47. The summed E-state index contributed by atoms with van der Waals surface area (Å²) in [5.41, 5.74) is -1.26. The molecule has 0 aromatic heterocycles. The Morgan fingerprint density at radius 2 is 1.74 bits per heavy atom. The second kappa shape index (κ2) is 11.1. The molecule has 2 aliphatic rings. The number of carboxylic acid groups (broad SMARTS) is 1. The van der Waals surface area contributed by atoms with Crippen LogP contribution < -0.4 is 14.2 Å². The predicted octanol–water partition coefficient (Wildman–Crippen LogP) is 7.21. The van der Waals surface area contributed by atoms with Gasteiger partial charge in [-0.2, -0.15) is 13.2 Å². The van der Waals surface area contributed by atoms with Gasteiger partial charge < -0.3 is 24.4 Å². The molecule has 42 heavy (non-hydrogen) atoms. The summed E-state index contributed by atoms with van der Waals surface area (Å²) in [5, 5.41) is 18.9. The summed E-state index contributed by atoms with van der Waals surface area (Å²) in [7, 11) is 0. The zero-order valence-electron chi connectivity index (χ0n) is 22.9. The van der Waals surface area contributed by atoms with Gasteiger partial charge in [-0.1, -0.05) is 12.1 Å². The molecule has 0 bridgehead atoms. The summed E-state index contributed by atoms with van der Waals surface area (Å²) in [6.45, 7) is 3.04. The van der Waals surface area contributed by atoms with Gasteiger partial charge in [0.15, 0.2) is 17.4 Å². The molecule has 3 aromatic carbocycles. The quantitative estimate of drug-likeness (QED) is 0.256. The summed E-state index contributed by atoms with van der Waals surface area (Å²) in [4.78, 5) is 11.1. The van der Waals surface area contributed by atoms with Gasteiger partial charge in [-0.3, -0.25) is 4.79 Å². The topological polar surface area (TPSA) is 85.2 Å². The number of carboxylic acids is 1. The van der Waals surface area contributed by atoms with E-state index in [0.29, 0.717) is 23.5 Å². The van der Waals surface area contributed by atoms with Crippen LogP contribution in [0.4, 0.5) is 22.0 Å². The minimum Gasteiger partial charge on any atom is -0.492 e. The van der Waals surface area contributed by atoms with Gasteiger partial charge in [-0.15, -0.1) is 0 Å². The van der Waals surface area contributed by atoms with E-state index in [4.69, 9.17) is 19.3 Å². The van der Waals surface area contributed by atoms with E-state index in [9.17, 15) is 31.9 Å². The Hall–Kier alpha value is -3.86. The average Bonchev–Trinajstić information content (AvgIpc) is 3.47. The highest BCUT2D eigenvalue weighted by Gasteiger charge is 2.39. The van der Waals surface area contributed by atoms with Crippen molar-refractivity contribution in [2.45, 2.75) is 63.3 Å². The van der Waals surface area contributed by atoms with E-state index in [-0.39, 0.29) is 55.1 Å². The first kappa shape index (κ1) is 29.6. The minimum absolute atomic E-state index is 0.0807. The Balaban J connectivity index is 1.45. The van der Waals surface area contributed by atoms with Gasteiger partial charge in [0, 0.05) is 24.0 Å². The standard InChI is InChI=1S/C31H29F5O6/c1-30(2,39)9-10-40-29-23(32)11-16(12-24(29)33)28-21-6-8-25(20(21)5-7-22(28)31(34,35)36)42-18-3-4-19-17(13-27(37)38)15-41-26(19)14-18/h3-5,7,11-12,14,17,25,39H,6,8-10,13,15H2,1-2H3,(H,37,38)/t17-,25-/m1/s1. The number of benzene rings is 3. The summed E-state index contributed by atoms with van der Waals surface area (Å²) in [6.07, 6.45) is -4.92. The van der Waals surface area contributed by atoms with E-state index in [1.54, 1.807) is 18.2 Å². The Morgan fingerprint density at radius 3 is 2.38 bits per heavy atom. The number of halogens is 5. The highest BCUT2D eigenvalue weighted by molar-refractivity contribution is 5.75. The van der Waals surface area contributed by atoms with Crippen molar-refractivity contribution >= 4 is 5.97 Å². The van der Waals surface area contributed by atoms with Gasteiger partial charge >= 0.3 is 12.1 Å². The molecule has 1 aliphatic carbocycles. The molecule has 2 N–H and O–H groups in total.